The van der Waals surface area contributed by atoms with Crippen LogP contribution in [-0.4, -0.2) is 45.5 Å². The van der Waals surface area contributed by atoms with Crippen molar-refractivity contribution in [2.45, 2.75) is 34.0 Å². The van der Waals surface area contributed by atoms with Gasteiger partial charge in [0, 0.05) is 6.54 Å². The van der Waals surface area contributed by atoms with E-state index in [0.29, 0.717) is 24.6 Å². The van der Waals surface area contributed by atoms with Gasteiger partial charge in [-0.3, -0.25) is 4.90 Å². The molecule has 0 atom stereocenters. The number of hydrogen-bond donors (Lipinski definition) is 0. The third-order valence-electron chi connectivity index (χ3n) is 4.73. The van der Waals surface area contributed by atoms with Crippen molar-refractivity contribution in [1.29, 1.82) is 0 Å². The highest BCUT2D eigenvalue weighted by molar-refractivity contribution is 7.71. The molecule has 8 heteroatoms. The van der Waals surface area contributed by atoms with Gasteiger partial charge in [0.25, 0.3) is 0 Å². The second-order valence-electron chi connectivity index (χ2n) is 7.02. The van der Waals surface area contributed by atoms with Gasteiger partial charge in [-0.1, -0.05) is 12.1 Å². The Morgan fingerprint density at radius 2 is 1.83 bits per heavy atom. The molecule has 0 aliphatic rings. The van der Waals surface area contributed by atoms with Crippen molar-refractivity contribution in [3.63, 3.8) is 0 Å². The van der Waals surface area contributed by atoms with E-state index in [2.05, 4.69) is 41.3 Å². The van der Waals surface area contributed by atoms with Crippen LogP contribution in [0.25, 0.3) is 5.69 Å². The Balaban J connectivity index is 1.73. The molecule has 0 saturated heterocycles. The monoisotopic (exact) mass is 413 g/mol. The van der Waals surface area contributed by atoms with Gasteiger partial charge in [-0.15, -0.1) is 0 Å². The van der Waals surface area contributed by atoms with E-state index in [1.165, 1.54) is 11.1 Å². The normalized spacial score (nSPS) is 11.1. The van der Waals surface area contributed by atoms with Crippen LogP contribution >= 0.6 is 12.2 Å². The summed E-state index contributed by atoms with van der Waals surface area (Å²) in [5.74, 6) is 1.48. The summed E-state index contributed by atoms with van der Waals surface area (Å²) in [7, 11) is 3.66. The summed E-state index contributed by atoms with van der Waals surface area (Å²) in [6, 6.07) is 12.1. The first-order valence-electron chi connectivity index (χ1n) is 9.51. The van der Waals surface area contributed by atoms with E-state index in [1.54, 1.807) is 16.5 Å². The summed E-state index contributed by atoms with van der Waals surface area (Å²) in [5, 5.41) is 8.48. The van der Waals surface area contributed by atoms with Gasteiger partial charge in [-0.05, 0) is 91.4 Å². The van der Waals surface area contributed by atoms with E-state index >= 15 is 0 Å². The lowest BCUT2D eigenvalue weighted by molar-refractivity contribution is 0.241. The number of benzene rings is 2. The summed E-state index contributed by atoms with van der Waals surface area (Å²) in [4.78, 5) is 2.12. The Morgan fingerprint density at radius 3 is 2.52 bits per heavy atom. The average molecular weight is 414 g/mol. The van der Waals surface area contributed by atoms with E-state index in [-0.39, 0.29) is 0 Å². The van der Waals surface area contributed by atoms with Gasteiger partial charge in [0.05, 0.1) is 26.1 Å². The number of nitrogens with zero attached hydrogens (tertiary/aromatic N) is 5. The first-order chi connectivity index (χ1) is 13.9. The van der Waals surface area contributed by atoms with Crippen LogP contribution in [-0.2, 0) is 13.2 Å². The highest BCUT2D eigenvalue weighted by atomic mass is 32.1. The summed E-state index contributed by atoms with van der Waals surface area (Å²) in [5.41, 5.74) is 4.46. The second kappa shape index (κ2) is 9.19. The van der Waals surface area contributed by atoms with E-state index in [9.17, 15) is 0 Å². The fraction of sp³-hybridized carbons (Fsp3) is 0.381. The van der Waals surface area contributed by atoms with Gasteiger partial charge in [0.1, 0.15) is 0 Å². The van der Waals surface area contributed by atoms with E-state index < -0.39 is 0 Å². The molecule has 3 rings (SSSR count). The van der Waals surface area contributed by atoms with Gasteiger partial charge in [-0.25, -0.2) is 4.68 Å². The van der Waals surface area contributed by atoms with Gasteiger partial charge in [0.15, 0.2) is 11.5 Å². The molecule has 0 saturated carbocycles. The number of methoxy groups -OCH3 is 1. The molecule has 0 aliphatic heterocycles. The highest BCUT2D eigenvalue weighted by Crippen LogP contribution is 2.28. The number of aromatic nitrogens is 4. The molecule has 0 unspecified atom stereocenters. The van der Waals surface area contributed by atoms with Crippen LogP contribution in [0, 0.1) is 18.6 Å². The van der Waals surface area contributed by atoms with E-state index in [1.807, 2.05) is 38.2 Å². The number of tetrazole rings is 1. The number of rotatable bonds is 8. The van der Waals surface area contributed by atoms with Crippen LogP contribution < -0.4 is 9.47 Å². The Kier molecular flexibility index (Phi) is 6.66. The maximum absolute atomic E-state index is 5.59. The lowest BCUT2D eigenvalue weighted by Gasteiger charge is -2.17. The molecule has 1 heterocycles. The Hall–Kier alpha value is -2.71. The van der Waals surface area contributed by atoms with E-state index in [0.717, 1.165) is 22.7 Å². The molecule has 1 aromatic heterocycles. The van der Waals surface area contributed by atoms with Gasteiger partial charge < -0.3 is 9.47 Å². The number of aryl methyl sites for hydroxylation is 2. The Bertz CT molecular complexity index is 1040. The molecular weight excluding hydrogens is 386 g/mol. The molecule has 7 nitrogen and oxygen atoms in total. The van der Waals surface area contributed by atoms with E-state index in [4.69, 9.17) is 21.7 Å². The van der Waals surface area contributed by atoms with Gasteiger partial charge >= 0.3 is 0 Å². The maximum atomic E-state index is 5.59. The Labute approximate surface area is 176 Å². The Morgan fingerprint density at radius 1 is 1.03 bits per heavy atom. The van der Waals surface area contributed by atoms with Crippen molar-refractivity contribution in [2.24, 2.45) is 0 Å². The minimum absolute atomic E-state index is 0.527. The predicted octanol–water partition coefficient (Wildman–Crippen LogP) is 3.91. The van der Waals surface area contributed by atoms with Crippen LogP contribution in [0.2, 0.25) is 0 Å². The van der Waals surface area contributed by atoms with Crippen molar-refractivity contribution in [3.05, 3.63) is 57.9 Å². The summed E-state index contributed by atoms with van der Waals surface area (Å²) in [6.45, 7) is 7.95. The van der Waals surface area contributed by atoms with Crippen LogP contribution in [0.5, 0.6) is 11.5 Å². The topological polar surface area (TPSA) is 57.3 Å². The van der Waals surface area contributed by atoms with Crippen LogP contribution in [0.15, 0.2) is 36.4 Å². The molecular formula is C21H27N5O2S. The highest BCUT2D eigenvalue weighted by Gasteiger charge is 2.11. The zero-order chi connectivity index (χ0) is 21.0. The fourth-order valence-electron chi connectivity index (χ4n) is 3.06. The van der Waals surface area contributed by atoms with Crippen LogP contribution in [0.3, 0.4) is 0 Å². The molecule has 29 heavy (non-hydrogen) atoms. The average Bonchev–Trinajstić information content (AvgIpc) is 3.05. The third kappa shape index (κ3) is 4.83. The van der Waals surface area contributed by atoms with Crippen LogP contribution in [0.1, 0.15) is 23.6 Å². The van der Waals surface area contributed by atoms with Crippen molar-refractivity contribution < 1.29 is 9.47 Å². The molecule has 154 valence electrons. The quantitative estimate of drug-likeness (QED) is 0.522. The minimum Gasteiger partial charge on any atom is -0.493 e. The molecule has 0 radical (unpaired) electrons. The zero-order valence-corrected chi connectivity index (χ0v) is 18.4. The standard InChI is InChI=1S/C21H27N5O2S/c1-6-28-19-10-8-17(12-20(19)27-5)13-24(4)14-25-21(29)26(23-22-25)18-9-7-15(2)16(3)11-18/h7-12H,6,13-14H2,1-5H3. The number of ether oxygens (including phenoxy) is 2. The SMILES string of the molecule is CCOc1ccc(CN(C)Cn2nnn(-c3ccc(C)c(C)c3)c2=S)cc1OC. The summed E-state index contributed by atoms with van der Waals surface area (Å²) < 4.78 is 15.0. The molecule has 2 aromatic carbocycles. The summed E-state index contributed by atoms with van der Waals surface area (Å²) >= 11 is 5.59. The largest absolute Gasteiger partial charge is 0.493 e. The number of hydrogen-bond acceptors (Lipinski definition) is 6. The minimum atomic E-state index is 0.527. The molecule has 0 amide bonds. The lowest BCUT2D eigenvalue weighted by atomic mass is 10.1. The third-order valence-corrected chi connectivity index (χ3v) is 5.11. The van der Waals surface area contributed by atoms with Crippen molar-refractivity contribution in [2.75, 3.05) is 20.8 Å². The first kappa shape index (κ1) is 21.0. The predicted molar refractivity (Wildman–Crippen MR) is 115 cm³/mol. The second-order valence-corrected chi connectivity index (χ2v) is 7.38. The summed E-state index contributed by atoms with van der Waals surface area (Å²) in [6.07, 6.45) is 0. The van der Waals surface area contributed by atoms with Crippen molar-refractivity contribution >= 4 is 12.2 Å². The molecule has 0 aliphatic carbocycles. The molecule has 3 aromatic rings. The van der Waals surface area contributed by atoms with Crippen molar-refractivity contribution in [1.82, 2.24) is 24.7 Å². The van der Waals surface area contributed by atoms with Gasteiger partial charge in [-0.2, -0.15) is 4.68 Å². The fourth-order valence-corrected chi connectivity index (χ4v) is 3.29. The molecule has 0 fully saturated rings. The first-order valence-corrected chi connectivity index (χ1v) is 9.92. The van der Waals surface area contributed by atoms with Gasteiger partial charge in [0.2, 0.25) is 4.77 Å². The molecule has 0 bridgehead atoms. The smallest absolute Gasteiger partial charge is 0.221 e. The lowest BCUT2D eigenvalue weighted by Crippen LogP contribution is -2.22. The van der Waals surface area contributed by atoms with Crippen LogP contribution in [0.4, 0.5) is 0 Å². The molecule has 0 N–H and O–H groups in total. The van der Waals surface area contributed by atoms with Crippen molar-refractivity contribution in [3.8, 4) is 17.2 Å². The maximum Gasteiger partial charge on any atom is 0.221 e. The zero-order valence-electron chi connectivity index (χ0n) is 17.5. The molecule has 0 spiro atoms.